The van der Waals surface area contributed by atoms with Crippen molar-refractivity contribution in [2.75, 3.05) is 11.9 Å². The summed E-state index contributed by atoms with van der Waals surface area (Å²) >= 11 is 9.08. The van der Waals surface area contributed by atoms with Gasteiger partial charge < -0.3 is 4.90 Å². The Balaban J connectivity index is 2.20. The number of rotatable bonds is 4. The average molecular weight is 344 g/mol. The van der Waals surface area contributed by atoms with Crippen LogP contribution in [-0.2, 0) is 12.4 Å². The highest BCUT2D eigenvalue weighted by Crippen LogP contribution is 2.21. The fourth-order valence-corrected chi connectivity index (χ4v) is 2.25. The van der Waals surface area contributed by atoms with E-state index in [1.54, 1.807) is 17.2 Å². The molecule has 1 aromatic heterocycles. The van der Waals surface area contributed by atoms with E-state index in [1.165, 1.54) is 0 Å². The zero-order valence-electron chi connectivity index (χ0n) is 10.4. The lowest BCUT2D eigenvalue weighted by atomic mass is 10.2. The van der Waals surface area contributed by atoms with Crippen molar-refractivity contribution >= 4 is 33.3 Å². The first kappa shape index (κ1) is 14.3. The molecule has 0 amide bonds. The number of hydrogen-bond donors (Lipinski definition) is 0. The minimum atomic E-state index is -0.350. The molecule has 0 aliphatic rings. The lowest BCUT2D eigenvalue weighted by Crippen LogP contribution is -2.19. The van der Waals surface area contributed by atoms with Gasteiger partial charge in [-0.3, -0.25) is 0 Å². The Kier molecular flexibility index (Phi) is 4.77. The molecule has 0 fully saturated rings. The van der Waals surface area contributed by atoms with Crippen LogP contribution >= 0.6 is 27.5 Å². The summed E-state index contributed by atoms with van der Waals surface area (Å²) in [5, 5.41) is 0. The highest BCUT2D eigenvalue weighted by atomic mass is 79.9. The Morgan fingerprint density at radius 1 is 1.26 bits per heavy atom. The Morgan fingerprint density at radius 3 is 2.58 bits per heavy atom. The van der Waals surface area contributed by atoms with E-state index in [9.17, 15) is 4.39 Å². The second-order valence-electron chi connectivity index (χ2n) is 4.22. The van der Waals surface area contributed by atoms with E-state index in [0.29, 0.717) is 17.9 Å². The molecule has 0 aliphatic heterocycles. The number of nitrogens with zero attached hydrogens (tertiary/aromatic N) is 2. The van der Waals surface area contributed by atoms with Gasteiger partial charge in [-0.2, -0.15) is 0 Å². The van der Waals surface area contributed by atoms with Crippen molar-refractivity contribution in [1.29, 1.82) is 0 Å². The minimum Gasteiger partial charge on any atom is -0.353 e. The van der Waals surface area contributed by atoms with Gasteiger partial charge in [-0.15, -0.1) is 11.6 Å². The van der Waals surface area contributed by atoms with Gasteiger partial charge in [-0.05, 0) is 23.8 Å². The van der Waals surface area contributed by atoms with Gasteiger partial charge in [-0.25, -0.2) is 9.37 Å². The summed E-state index contributed by atoms with van der Waals surface area (Å²) < 4.78 is 15.1. The first-order valence-electron chi connectivity index (χ1n) is 5.76. The first-order chi connectivity index (χ1) is 9.11. The summed E-state index contributed by atoms with van der Waals surface area (Å²) in [5.74, 6) is 0.117. The van der Waals surface area contributed by atoms with Crippen LogP contribution in [0.15, 0.2) is 41.0 Å². The molecule has 0 N–H and O–H groups in total. The molecule has 2 aromatic rings. The average Bonchev–Trinajstić information content (AvgIpc) is 2.41. The highest BCUT2D eigenvalue weighted by molar-refractivity contribution is 9.10. The van der Waals surface area contributed by atoms with Gasteiger partial charge in [0.15, 0.2) is 11.6 Å². The van der Waals surface area contributed by atoms with E-state index in [2.05, 4.69) is 20.9 Å². The third kappa shape index (κ3) is 3.45. The van der Waals surface area contributed by atoms with Crippen molar-refractivity contribution in [2.24, 2.45) is 0 Å². The molecule has 19 heavy (non-hydrogen) atoms. The molecule has 1 aromatic carbocycles. The molecule has 0 bridgehead atoms. The number of alkyl halides is 1. The monoisotopic (exact) mass is 342 g/mol. The molecule has 0 atom stereocenters. The molecule has 0 spiro atoms. The lowest BCUT2D eigenvalue weighted by Gasteiger charge is -2.19. The van der Waals surface area contributed by atoms with Crippen molar-refractivity contribution < 1.29 is 4.39 Å². The summed E-state index contributed by atoms with van der Waals surface area (Å²) in [6, 6.07) is 9.50. The molecule has 0 unspecified atom stereocenters. The molecule has 2 rings (SSSR count). The van der Waals surface area contributed by atoms with Crippen LogP contribution in [0, 0.1) is 5.82 Å². The van der Waals surface area contributed by atoms with Gasteiger partial charge in [-0.1, -0.05) is 28.1 Å². The number of benzene rings is 1. The molecular formula is C14H13BrClFN2. The van der Waals surface area contributed by atoms with Crippen molar-refractivity contribution in [3.05, 3.63) is 57.9 Å². The van der Waals surface area contributed by atoms with Crippen LogP contribution in [0.5, 0.6) is 0 Å². The normalized spacial score (nSPS) is 10.5. The van der Waals surface area contributed by atoms with Gasteiger partial charge in [0.1, 0.15) is 0 Å². The van der Waals surface area contributed by atoms with Crippen LogP contribution < -0.4 is 4.90 Å². The molecule has 5 heteroatoms. The fourth-order valence-electron chi connectivity index (χ4n) is 1.78. The van der Waals surface area contributed by atoms with E-state index in [1.807, 2.05) is 31.3 Å². The van der Waals surface area contributed by atoms with Gasteiger partial charge >= 0.3 is 0 Å². The van der Waals surface area contributed by atoms with Crippen LogP contribution in [0.25, 0.3) is 0 Å². The van der Waals surface area contributed by atoms with Gasteiger partial charge in [0.25, 0.3) is 0 Å². The van der Waals surface area contributed by atoms with Gasteiger partial charge in [0.2, 0.25) is 0 Å². The Labute approximate surface area is 125 Å². The maximum absolute atomic E-state index is 14.1. The smallest absolute Gasteiger partial charge is 0.170 e. The summed E-state index contributed by atoms with van der Waals surface area (Å²) in [4.78, 5) is 5.86. The third-order valence-corrected chi connectivity index (χ3v) is 3.61. The van der Waals surface area contributed by atoms with Crippen LogP contribution in [0.2, 0.25) is 0 Å². The Morgan fingerprint density at radius 2 is 1.95 bits per heavy atom. The second kappa shape index (κ2) is 6.35. The van der Waals surface area contributed by atoms with Crippen molar-refractivity contribution in [2.45, 2.75) is 12.4 Å². The van der Waals surface area contributed by atoms with Crippen molar-refractivity contribution in [1.82, 2.24) is 4.98 Å². The SMILES string of the molecule is CN(Cc1ccc(Br)cc1)c1nccc(CCl)c1F. The van der Waals surface area contributed by atoms with Crippen LogP contribution in [0.3, 0.4) is 0 Å². The number of aromatic nitrogens is 1. The number of pyridine rings is 1. The van der Waals surface area contributed by atoms with E-state index >= 15 is 0 Å². The predicted molar refractivity (Wildman–Crippen MR) is 80.0 cm³/mol. The summed E-state index contributed by atoms with van der Waals surface area (Å²) in [7, 11) is 1.81. The third-order valence-electron chi connectivity index (χ3n) is 2.79. The van der Waals surface area contributed by atoms with Gasteiger partial charge in [0.05, 0.1) is 5.88 Å². The number of anilines is 1. The quantitative estimate of drug-likeness (QED) is 0.767. The topological polar surface area (TPSA) is 16.1 Å². The summed E-state index contributed by atoms with van der Waals surface area (Å²) in [5.41, 5.74) is 1.55. The first-order valence-corrected chi connectivity index (χ1v) is 7.09. The summed E-state index contributed by atoms with van der Waals surface area (Å²) in [6.45, 7) is 0.586. The Bertz CT molecular complexity index is 560. The number of halogens is 3. The molecule has 100 valence electrons. The maximum Gasteiger partial charge on any atom is 0.170 e. The van der Waals surface area contributed by atoms with E-state index in [0.717, 1.165) is 10.0 Å². The minimum absolute atomic E-state index is 0.146. The molecule has 2 nitrogen and oxygen atoms in total. The van der Waals surface area contributed by atoms with Crippen molar-refractivity contribution in [3.63, 3.8) is 0 Å². The highest BCUT2D eigenvalue weighted by Gasteiger charge is 2.13. The van der Waals surface area contributed by atoms with Gasteiger partial charge in [0, 0.05) is 29.8 Å². The molecule has 0 aliphatic carbocycles. The predicted octanol–water partition coefficient (Wildman–Crippen LogP) is 4.36. The Hall–Kier alpha value is -1.13. The fraction of sp³-hybridized carbons (Fsp3) is 0.214. The molecule has 0 saturated heterocycles. The second-order valence-corrected chi connectivity index (χ2v) is 5.41. The number of hydrogen-bond acceptors (Lipinski definition) is 2. The maximum atomic E-state index is 14.1. The van der Waals surface area contributed by atoms with Crippen LogP contribution in [0.1, 0.15) is 11.1 Å². The molecular weight excluding hydrogens is 331 g/mol. The molecule has 0 saturated carbocycles. The van der Waals surface area contributed by atoms with Crippen LogP contribution in [-0.4, -0.2) is 12.0 Å². The largest absolute Gasteiger partial charge is 0.353 e. The van der Waals surface area contributed by atoms with E-state index in [-0.39, 0.29) is 11.7 Å². The lowest BCUT2D eigenvalue weighted by molar-refractivity contribution is 0.604. The summed E-state index contributed by atoms with van der Waals surface area (Å²) in [6.07, 6.45) is 1.58. The molecule has 1 heterocycles. The van der Waals surface area contributed by atoms with E-state index in [4.69, 9.17) is 11.6 Å². The van der Waals surface area contributed by atoms with Crippen molar-refractivity contribution in [3.8, 4) is 0 Å². The zero-order chi connectivity index (χ0) is 13.8. The van der Waals surface area contributed by atoms with Crippen LogP contribution in [0.4, 0.5) is 10.2 Å². The zero-order valence-corrected chi connectivity index (χ0v) is 12.7. The molecule has 0 radical (unpaired) electrons. The van der Waals surface area contributed by atoms with E-state index < -0.39 is 0 Å². The standard InChI is InChI=1S/C14H13BrClFN2/c1-19(9-10-2-4-12(15)5-3-10)14-13(17)11(8-16)6-7-18-14/h2-7H,8-9H2,1H3.